The van der Waals surface area contributed by atoms with Gasteiger partial charge in [0.1, 0.15) is 0 Å². The molecule has 2 heteroatoms. The van der Waals surface area contributed by atoms with E-state index in [9.17, 15) is 0 Å². The summed E-state index contributed by atoms with van der Waals surface area (Å²) in [6, 6.07) is 0. The van der Waals surface area contributed by atoms with Gasteiger partial charge < -0.3 is 10.6 Å². The highest BCUT2D eigenvalue weighted by Gasteiger charge is 1.88. The minimum atomic E-state index is 0.594. The van der Waals surface area contributed by atoms with Crippen LogP contribution in [0.3, 0.4) is 0 Å². The van der Waals surface area contributed by atoms with Gasteiger partial charge in [-0.3, -0.25) is 0 Å². The summed E-state index contributed by atoms with van der Waals surface area (Å²) in [6.45, 7) is 3.57. The van der Waals surface area contributed by atoms with Crippen molar-refractivity contribution in [3.8, 4) is 12.3 Å². The topological polar surface area (TPSA) is 29.3 Å². The van der Waals surface area contributed by atoms with E-state index in [2.05, 4.69) is 12.5 Å². The Balaban J connectivity index is 3.92. The van der Waals surface area contributed by atoms with E-state index in [1.807, 2.05) is 0 Å². The molecule has 48 valence electrons. The molecule has 0 heterocycles. The predicted octanol–water partition coefficient (Wildman–Crippen LogP) is 0.495. The van der Waals surface area contributed by atoms with Crippen LogP contribution < -0.4 is 5.73 Å². The lowest BCUT2D eigenvalue weighted by molar-refractivity contribution is 0.596. The van der Waals surface area contributed by atoms with Gasteiger partial charge in [0.25, 0.3) is 0 Å². The molecule has 0 aromatic carbocycles. The molecule has 0 fully saturated rings. The van der Waals surface area contributed by atoms with Crippen LogP contribution in [-0.2, 0) is 0 Å². The summed E-state index contributed by atoms with van der Waals surface area (Å²) in [6.07, 6.45) is 8.08. The van der Waals surface area contributed by atoms with Crippen LogP contribution in [0.15, 0.2) is 24.7 Å². The van der Waals surface area contributed by atoms with Crippen molar-refractivity contribution in [1.29, 1.82) is 0 Å². The Morgan fingerprint density at radius 2 is 2.44 bits per heavy atom. The Labute approximate surface area is 55.6 Å². The molecular formula is C7H10N2. The van der Waals surface area contributed by atoms with E-state index in [1.54, 1.807) is 18.1 Å². The summed E-state index contributed by atoms with van der Waals surface area (Å²) < 4.78 is 0. The smallest absolute Gasteiger partial charge is 0.0841 e. The third kappa shape index (κ3) is 2.45. The maximum absolute atomic E-state index is 5.09. The number of hydrogen-bond donors (Lipinski definition) is 1. The molecule has 0 atom stereocenters. The summed E-state index contributed by atoms with van der Waals surface area (Å²) in [4.78, 5) is 1.67. The molecular weight excluding hydrogens is 112 g/mol. The average Bonchev–Trinajstić information content (AvgIpc) is 1.87. The van der Waals surface area contributed by atoms with Crippen LogP contribution in [-0.4, -0.2) is 11.9 Å². The van der Waals surface area contributed by atoms with E-state index in [0.29, 0.717) is 5.70 Å². The van der Waals surface area contributed by atoms with Crippen LogP contribution in [0.5, 0.6) is 0 Å². The molecule has 0 spiro atoms. The number of nitrogens with two attached hydrogens (primary N) is 1. The number of hydrogen-bond acceptors (Lipinski definition) is 2. The van der Waals surface area contributed by atoms with Gasteiger partial charge in [-0.2, -0.15) is 0 Å². The van der Waals surface area contributed by atoms with Crippen molar-refractivity contribution >= 4 is 0 Å². The fraction of sp³-hybridized carbons (Fsp3) is 0.143. The molecule has 0 amide bonds. The zero-order chi connectivity index (χ0) is 7.28. The minimum absolute atomic E-state index is 0.594. The van der Waals surface area contributed by atoms with Crippen molar-refractivity contribution in [2.75, 3.05) is 7.05 Å². The first-order chi connectivity index (χ1) is 4.22. The van der Waals surface area contributed by atoms with Crippen molar-refractivity contribution in [1.82, 2.24) is 4.90 Å². The van der Waals surface area contributed by atoms with Gasteiger partial charge in [-0.1, -0.05) is 12.5 Å². The summed E-state index contributed by atoms with van der Waals surface area (Å²) in [5.74, 6) is 2.37. The van der Waals surface area contributed by atoms with Crippen LogP contribution in [0.2, 0.25) is 0 Å². The lowest BCUT2D eigenvalue weighted by Gasteiger charge is -2.09. The van der Waals surface area contributed by atoms with Gasteiger partial charge in [0.05, 0.1) is 5.70 Å². The van der Waals surface area contributed by atoms with Crippen LogP contribution in [0.1, 0.15) is 0 Å². The predicted molar refractivity (Wildman–Crippen MR) is 39.1 cm³/mol. The zero-order valence-corrected chi connectivity index (χ0v) is 5.46. The van der Waals surface area contributed by atoms with E-state index < -0.39 is 0 Å². The van der Waals surface area contributed by atoms with Gasteiger partial charge in [-0.05, 0) is 0 Å². The van der Waals surface area contributed by atoms with E-state index in [1.165, 1.54) is 6.20 Å². The molecule has 0 aromatic heterocycles. The maximum Gasteiger partial charge on any atom is 0.0841 e. The Hall–Kier alpha value is -1.36. The van der Waals surface area contributed by atoms with Crippen molar-refractivity contribution in [2.24, 2.45) is 5.73 Å². The third-order valence-electron chi connectivity index (χ3n) is 0.902. The highest BCUT2D eigenvalue weighted by atomic mass is 15.1. The highest BCUT2D eigenvalue weighted by Crippen LogP contribution is 1.93. The largest absolute Gasteiger partial charge is 0.403 e. The summed E-state index contributed by atoms with van der Waals surface area (Å²) in [7, 11) is 1.78. The summed E-state index contributed by atoms with van der Waals surface area (Å²) in [5.41, 5.74) is 5.68. The molecule has 0 radical (unpaired) electrons. The first-order valence-electron chi connectivity index (χ1n) is 2.49. The lowest BCUT2D eigenvalue weighted by Crippen LogP contribution is -2.07. The van der Waals surface area contributed by atoms with Gasteiger partial charge >= 0.3 is 0 Å². The highest BCUT2D eigenvalue weighted by molar-refractivity contribution is 5.21. The van der Waals surface area contributed by atoms with Gasteiger partial charge in [-0.15, -0.1) is 6.42 Å². The molecule has 0 rings (SSSR count). The minimum Gasteiger partial charge on any atom is -0.403 e. The van der Waals surface area contributed by atoms with Crippen molar-refractivity contribution in [3.63, 3.8) is 0 Å². The first-order valence-corrected chi connectivity index (χ1v) is 2.49. The Kier molecular flexibility index (Phi) is 3.07. The van der Waals surface area contributed by atoms with E-state index in [-0.39, 0.29) is 0 Å². The molecule has 9 heavy (non-hydrogen) atoms. The fourth-order valence-corrected chi connectivity index (χ4v) is 0.321. The maximum atomic E-state index is 5.09. The van der Waals surface area contributed by atoms with Crippen LogP contribution >= 0.6 is 0 Å². The first kappa shape index (κ1) is 7.64. The number of terminal acetylenes is 1. The van der Waals surface area contributed by atoms with E-state index in [0.717, 1.165) is 0 Å². The molecule has 2 nitrogen and oxygen atoms in total. The normalized spacial score (nSPS) is 8.89. The molecule has 2 N–H and O–H groups in total. The van der Waals surface area contributed by atoms with Crippen molar-refractivity contribution in [2.45, 2.75) is 0 Å². The fourth-order valence-electron chi connectivity index (χ4n) is 0.321. The quantitative estimate of drug-likeness (QED) is 0.540. The average molecular weight is 122 g/mol. The van der Waals surface area contributed by atoms with Gasteiger partial charge in [0.2, 0.25) is 0 Å². The molecule has 0 saturated carbocycles. The van der Waals surface area contributed by atoms with E-state index >= 15 is 0 Å². The molecule has 0 saturated heterocycles. The second kappa shape index (κ2) is 3.62. The standard InChI is InChI=1S/C7H10N2/c1-4-7(2)9(3)6-5-8/h1,5-6H,2,8H2,3H3/b6-5-. The van der Waals surface area contributed by atoms with Crippen LogP contribution in [0.25, 0.3) is 0 Å². The summed E-state index contributed by atoms with van der Waals surface area (Å²) in [5, 5.41) is 0. The molecule has 0 aliphatic carbocycles. The number of allylic oxidation sites excluding steroid dienone is 1. The van der Waals surface area contributed by atoms with Gasteiger partial charge in [0.15, 0.2) is 0 Å². The molecule has 0 unspecified atom stereocenters. The Morgan fingerprint density at radius 3 is 2.78 bits per heavy atom. The van der Waals surface area contributed by atoms with Gasteiger partial charge in [-0.25, -0.2) is 0 Å². The Morgan fingerprint density at radius 1 is 1.89 bits per heavy atom. The van der Waals surface area contributed by atoms with Crippen LogP contribution in [0.4, 0.5) is 0 Å². The van der Waals surface area contributed by atoms with Crippen LogP contribution in [0, 0.1) is 12.3 Å². The molecule has 0 aliphatic rings. The molecule has 0 bridgehead atoms. The molecule has 0 aliphatic heterocycles. The lowest BCUT2D eigenvalue weighted by atomic mass is 10.5. The van der Waals surface area contributed by atoms with E-state index in [4.69, 9.17) is 12.2 Å². The van der Waals surface area contributed by atoms with Gasteiger partial charge in [0, 0.05) is 19.4 Å². The third-order valence-corrected chi connectivity index (χ3v) is 0.902. The van der Waals surface area contributed by atoms with Crippen molar-refractivity contribution in [3.05, 3.63) is 24.7 Å². The Bertz CT molecular complexity index is 162. The summed E-state index contributed by atoms with van der Waals surface area (Å²) >= 11 is 0. The molecule has 0 aromatic rings. The SMILES string of the molecule is C#CC(=C)N(C)/C=C\N. The monoisotopic (exact) mass is 122 g/mol. The second-order valence-electron chi connectivity index (χ2n) is 1.54. The zero-order valence-electron chi connectivity index (χ0n) is 5.46. The number of nitrogens with zero attached hydrogens (tertiary/aromatic N) is 1. The number of rotatable bonds is 2. The second-order valence-corrected chi connectivity index (χ2v) is 1.54. The van der Waals surface area contributed by atoms with Crippen molar-refractivity contribution < 1.29 is 0 Å².